The van der Waals surface area contributed by atoms with Gasteiger partial charge in [-0.1, -0.05) is 39.2 Å². The summed E-state index contributed by atoms with van der Waals surface area (Å²) in [5.41, 5.74) is 0.834. The minimum Gasteiger partial charge on any atom is -0.378 e. The van der Waals surface area contributed by atoms with Crippen LogP contribution in [0.5, 0.6) is 0 Å². The molecule has 0 aromatic heterocycles. The molecule has 0 radical (unpaired) electrons. The zero-order chi connectivity index (χ0) is 16.2. The van der Waals surface area contributed by atoms with Crippen molar-refractivity contribution in [3.05, 3.63) is 12.2 Å². The molecule has 0 aromatic carbocycles. The van der Waals surface area contributed by atoms with Crippen LogP contribution < -0.4 is 0 Å². The highest BCUT2D eigenvalue weighted by Crippen LogP contribution is 2.56. The molecule has 0 N–H and O–H groups in total. The Morgan fingerprint density at radius 3 is 2.45 bits per heavy atom. The van der Waals surface area contributed by atoms with Gasteiger partial charge in [0.1, 0.15) is 6.29 Å². The first-order chi connectivity index (χ1) is 10.5. The average molecular weight is 306 g/mol. The molecule has 5 atom stereocenters. The number of methoxy groups -OCH3 is 1. The van der Waals surface area contributed by atoms with Crippen molar-refractivity contribution in [1.82, 2.24) is 0 Å². The van der Waals surface area contributed by atoms with Crippen molar-refractivity contribution in [1.29, 1.82) is 0 Å². The molecule has 126 valence electrons. The number of allylic oxidation sites excluding steroid dienone is 1. The van der Waals surface area contributed by atoms with E-state index in [1.807, 2.05) is 7.11 Å². The fourth-order valence-corrected chi connectivity index (χ4v) is 5.27. The van der Waals surface area contributed by atoms with Crippen molar-refractivity contribution in [2.75, 3.05) is 7.11 Å². The van der Waals surface area contributed by atoms with Crippen molar-refractivity contribution in [3.63, 3.8) is 0 Å². The van der Waals surface area contributed by atoms with Crippen LogP contribution in [0.2, 0.25) is 0 Å². The third kappa shape index (κ3) is 4.01. The molecular formula is C20H34O2. The molecule has 5 unspecified atom stereocenters. The molecule has 0 saturated heterocycles. The van der Waals surface area contributed by atoms with Gasteiger partial charge in [-0.3, -0.25) is 4.79 Å². The smallest absolute Gasteiger partial charge is 0.145 e. The van der Waals surface area contributed by atoms with Crippen molar-refractivity contribution in [2.24, 2.45) is 23.7 Å². The van der Waals surface area contributed by atoms with Gasteiger partial charge in [0.25, 0.3) is 0 Å². The van der Waals surface area contributed by atoms with E-state index in [9.17, 15) is 4.79 Å². The fourth-order valence-electron chi connectivity index (χ4n) is 5.27. The Labute approximate surface area is 136 Å². The van der Waals surface area contributed by atoms with Crippen molar-refractivity contribution < 1.29 is 9.53 Å². The van der Waals surface area contributed by atoms with Gasteiger partial charge >= 0.3 is 0 Å². The largest absolute Gasteiger partial charge is 0.378 e. The molecule has 0 aliphatic heterocycles. The van der Waals surface area contributed by atoms with Crippen LogP contribution in [0.1, 0.15) is 71.6 Å². The van der Waals surface area contributed by atoms with E-state index < -0.39 is 0 Å². The average Bonchev–Trinajstić information content (AvgIpc) is 3.09. The fraction of sp³-hybridized carbons (Fsp3) is 0.850. The number of fused-ring (bicyclic) bond motifs is 2. The van der Waals surface area contributed by atoms with Crippen molar-refractivity contribution >= 4 is 6.29 Å². The maximum atomic E-state index is 9.41. The zero-order valence-electron chi connectivity index (χ0n) is 14.8. The standard InChI is InChI=1S/C16H28O.C4H6O/c1-12-5-3-4-8-16(11-12,17-2)15-10-13-6-7-14(15)9-13;1-4(2)3-5/h12-15H,3-11H2,1-2H3;3H,1H2,2H3. The van der Waals surface area contributed by atoms with Crippen LogP contribution in [0.25, 0.3) is 0 Å². The van der Waals surface area contributed by atoms with Gasteiger partial charge in [-0.2, -0.15) is 0 Å². The summed E-state index contributed by atoms with van der Waals surface area (Å²) in [6, 6.07) is 0. The molecule has 2 bridgehead atoms. The highest BCUT2D eigenvalue weighted by molar-refractivity contribution is 5.70. The maximum Gasteiger partial charge on any atom is 0.145 e. The summed E-state index contributed by atoms with van der Waals surface area (Å²) >= 11 is 0. The number of carbonyl (C=O) groups is 1. The number of aldehydes is 1. The van der Waals surface area contributed by atoms with E-state index in [1.54, 1.807) is 6.92 Å². The maximum absolute atomic E-state index is 9.41. The lowest BCUT2D eigenvalue weighted by atomic mass is 9.71. The zero-order valence-corrected chi connectivity index (χ0v) is 14.8. The van der Waals surface area contributed by atoms with Gasteiger partial charge in [0, 0.05) is 7.11 Å². The van der Waals surface area contributed by atoms with Gasteiger partial charge in [0.15, 0.2) is 0 Å². The van der Waals surface area contributed by atoms with Crippen LogP contribution in [0.3, 0.4) is 0 Å². The van der Waals surface area contributed by atoms with E-state index in [-0.39, 0.29) is 5.60 Å². The Kier molecular flexibility index (Phi) is 6.26. The minimum absolute atomic E-state index is 0.260. The van der Waals surface area contributed by atoms with Crippen LogP contribution in [-0.2, 0) is 9.53 Å². The Bertz CT molecular complexity index is 389. The van der Waals surface area contributed by atoms with Crippen LogP contribution in [0.4, 0.5) is 0 Å². The predicted molar refractivity (Wildman–Crippen MR) is 91.8 cm³/mol. The van der Waals surface area contributed by atoms with Gasteiger partial charge in [0.05, 0.1) is 5.60 Å². The molecule has 2 heteroatoms. The van der Waals surface area contributed by atoms with Gasteiger partial charge < -0.3 is 4.74 Å². The van der Waals surface area contributed by atoms with Crippen molar-refractivity contribution in [3.8, 4) is 0 Å². The molecule has 0 heterocycles. The summed E-state index contributed by atoms with van der Waals surface area (Å²) < 4.78 is 6.17. The number of carbonyl (C=O) groups excluding carboxylic acids is 1. The van der Waals surface area contributed by atoms with Gasteiger partial charge in [-0.15, -0.1) is 0 Å². The second-order valence-electron chi connectivity index (χ2n) is 8.07. The van der Waals surface area contributed by atoms with E-state index in [1.165, 1.54) is 57.8 Å². The van der Waals surface area contributed by atoms with Crippen LogP contribution in [0, 0.1) is 23.7 Å². The molecule has 22 heavy (non-hydrogen) atoms. The molecule has 2 nitrogen and oxygen atoms in total. The SMILES string of the molecule is C=C(C)C=O.COC1(C2CC3CCC2C3)CCCCC(C)C1. The first-order valence-electron chi connectivity index (χ1n) is 9.16. The second-order valence-corrected chi connectivity index (χ2v) is 8.07. The molecule has 3 aliphatic carbocycles. The van der Waals surface area contributed by atoms with E-state index in [2.05, 4.69) is 13.5 Å². The molecular weight excluding hydrogens is 272 g/mol. The first kappa shape index (κ1) is 17.7. The summed E-state index contributed by atoms with van der Waals surface area (Å²) in [7, 11) is 1.99. The van der Waals surface area contributed by atoms with E-state index in [4.69, 9.17) is 4.74 Å². The molecule has 3 aliphatic rings. The molecule has 3 saturated carbocycles. The summed E-state index contributed by atoms with van der Waals surface area (Å²) in [5, 5.41) is 0. The molecule has 3 fully saturated rings. The van der Waals surface area contributed by atoms with Gasteiger partial charge in [-0.05, 0) is 68.3 Å². The second kappa shape index (κ2) is 7.77. The van der Waals surface area contributed by atoms with Gasteiger partial charge in [-0.25, -0.2) is 0 Å². The third-order valence-corrected chi connectivity index (χ3v) is 6.26. The molecule has 0 spiro atoms. The number of ether oxygens (including phenoxy) is 1. The van der Waals surface area contributed by atoms with Crippen LogP contribution in [0.15, 0.2) is 12.2 Å². The highest BCUT2D eigenvalue weighted by atomic mass is 16.5. The third-order valence-electron chi connectivity index (χ3n) is 6.26. The van der Waals surface area contributed by atoms with Gasteiger partial charge in [0.2, 0.25) is 0 Å². The quantitative estimate of drug-likeness (QED) is 0.408. The predicted octanol–water partition coefficient (Wildman–Crippen LogP) is 5.17. The Hall–Kier alpha value is -0.630. The van der Waals surface area contributed by atoms with Crippen LogP contribution >= 0.6 is 0 Å². The van der Waals surface area contributed by atoms with Crippen LogP contribution in [-0.4, -0.2) is 19.0 Å². The lowest BCUT2D eigenvalue weighted by molar-refractivity contribution is -0.104. The summed E-state index contributed by atoms with van der Waals surface area (Å²) in [6.45, 7) is 7.40. The number of rotatable bonds is 3. The molecule has 0 aromatic rings. The topological polar surface area (TPSA) is 26.3 Å². The van der Waals surface area contributed by atoms with E-state index in [0.717, 1.165) is 30.0 Å². The Balaban J connectivity index is 0.000000309. The van der Waals surface area contributed by atoms with E-state index >= 15 is 0 Å². The van der Waals surface area contributed by atoms with Crippen molar-refractivity contribution in [2.45, 2.75) is 77.2 Å². The number of hydrogen-bond acceptors (Lipinski definition) is 2. The summed E-state index contributed by atoms with van der Waals surface area (Å²) in [5.74, 6) is 3.82. The Morgan fingerprint density at radius 2 is 1.95 bits per heavy atom. The Morgan fingerprint density at radius 1 is 1.23 bits per heavy atom. The highest BCUT2D eigenvalue weighted by Gasteiger charge is 2.51. The first-order valence-corrected chi connectivity index (χ1v) is 9.16. The lowest BCUT2D eigenvalue weighted by Crippen LogP contribution is -2.43. The molecule has 3 rings (SSSR count). The minimum atomic E-state index is 0.260. The lowest BCUT2D eigenvalue weighted by Gasteiger charge is -2.42. The monoisotopic (exact) mass is 306 g/mol. The summed E-state index contributed by atoms with van der Waals surface area (Å²) in [4.78, 5) is 9.41. The normalized spacial score (nSPS) is 40.5. The number of hydrogen-bond donors (Lipinski definition) is 0. The van der Waals surface area contributed by atoms with E-state index in [0.29, 0.717) is 5.57 Å². The summed E-state index contributed by atoms with van der Waals surface area (Å²) in [6.07, 6.45) is 13.6. The molecule has 0 amide bonds.